The molecule has 0 saturated carbocycles. The van der Waals surface area contributed by atoms with Gasteiger partial charge in [-0.05, 0) is 18.4 Å². The van der Waals surface area contributed by atoms with E-state index in [1.54, 1.807) is 13.8 Å². The summed E-state index contributed by atoms with van der Waals surface area (Å²) in [6, 6.07) is 3.83. The maximum atomic E-state index is 11.9. The first-order valence-corrected chi connectivity index (χ1v) is 7.31. The van der Waals surface area contributed by atoms with E-state index in [2.05, 4.69) is 5.32 Å². The third kappa shape index (κ3) is 5.94. The Balaban J connectivity index is 2.97. The Morgan fingerprint density at radius 2 is 1.80 bits per heavy atom. The second-order valence-electron chi connectivity index (χ2n) is 5.62. The Hall–Kier alpha value is -2.85. The molecule has 0 spiro atoms. The van der Waals surface area contributed by atoms with E-state index in [9.17, 15) is 24.7 Å². The molecule has 4 N–H and O–H groups in total. The van der Waals surface area contributed by atoms with Gasteiger partial charge in [0, 0.05) is 5.56 Å². The van der Waals surface area contributed by atoms with Gasteiger partial charge in [0.2, 0.25) is 6.10 Å². The van der Waals surface area contributed by atoms with E-state index in [1.165, 1.54) is 18.2 Å². The van der Waals surface area contributed by atoms with Crippen LogP contribution >= 0.6 is 0 Å². The summed E-state index contributed by atoms with van der Waals surface area (Å²) in [6.07, 6.45) is -3.07. The number of rotatable bonds is 8. The van der Waals surface area contributed by atoms with Crippen LogP contribution in [-0.4, -0.2) is 39.5 Å². The lowest BCUT2D eigenvalue weighted by molar-refractivity contribution is -0.147. The summed E-state index contributed by atoms with van der Waals surface area (Å²) in [7, 11) is 0. The minimum absolute atomic E-state index is 0.0409. The number of nitrogens with zero attached hydrogens (tertiary/aromatic N) is 1. The van der Waals surface area contributed by atoms with Crippen molar-refractivity contribution in [1.29, 1.82) is 0 Å². The molecule has 1 aromatic rings. The Bertz CT molecular complexity index is 632. The van der Waals surface area contributed by atoms with E-state index in [1.807, 2.05) is 0 Å². The topological polar surface area (TPSA) is 159 Å². The second kappa shape index (κ2) is 8.85. The van der Waals surface area contributed by atoms with Gasteiger partial charge >= 0.3 is 18.0 Å². The molecule has 0 fully saturated rings. The quantitative estimate of drug-likeness (QED) is 0.509. The van der Waals surface area contributed by atoms with E-state index >= 15 is 0 Å². The maximum Gasteiger partial charge on any atom is 0.409 e. The predicted molar refractivity (Wildman–Crippen MR) is 84.9 cm³/mol. The summed E-state index contributed by atoms with van der Waals surface area (Å²) in [5.41, 5.74) is -0.682. The molecule has 138 valence electrons. The van der Waals surface area contributed by atoms with Crippen molar-refractivity contribution in [1.82, 2.24) is 5.32 Å². The fraction of sp³-hybridized carbons (Fsp3) is 0.400. The number of alkyl carbamates (subject to hydrolysis) is 1. The number of para-hydroxylation sites is 1. The molecule has 0 radical (unpaired) electrons. The summed E-state index contributed by atoms with van der Waals surface area (Å²) < 4.78 is 4.76. The molecular formula is C15H19N2O8-. The number of carboxylic acids is 2. The summed E-state index contributed by atoms with van der Waals surface area (Å²) in [5.74, 6) is -2.93. The van der Waals surface area contributed by atoms with Gasteiger partial charge in [0.15, 0.2) is 0 Å². The largest absolute Gasteiger partial charge is 0.733 e. The minimum Gasteiger partial charge on any atom is -0.733 e. The van der Waals surface area contributed by atoms with Crippen molar-refractivity contribution in [2.24, 2.45) is 5.92 Å². The fourth-order valence-electron chi connectivity index (χ4n) is 2.11. The minimum atomic E-state index is -1.91. The molecule has 1 rings (SSSR count). The first-order valence-electron chi connectivity index (χ1n) is 7.31. The molecule has 0 aliphatic rings. The average Bonchev–Trinajstić information content (AvgIpc) is 2.51. The molecule has 0 heterocycles. The Labute approximate surface area is 143 Å². The number of amides is 1. The summed E-state index contributed by atoms with van der Waals surface area (Å²) in [4.78, 5) is 34.4. The lowest BCUT2D eigenvalue weighted by atomic mass is 10.0. The van der Waals surface area contributed by atoms with Gasteiger partial charge in [-0.25, -0.2) is 14.4 Å². The normalized spacial score (nSPS) is 13.0. The van der Waals surface area contributed by atoms with Crippen LogP contribution in [0.25, 0.3) is 0 Å². The zero-order valence-electron chi connectivity index (χ0n) is 13.6. The van der Waals surface area contributed by atoms with E-state index in [-0.39, 0.29) is 17.9 Å². The molecule has 1 aromatic carbocycles. The predicted octanol–water partition coefficient (Wildman–Crippen LogP) is 1.73. The van der Waals surface area contributed by atoms with Crippen molar-refractivity contribution >= 4 is 23.7 Å². The van der Waals surface area contributed by atoms with Crippen LogP contribution in [0.5, 0.6) is 0 Å². The molecule has 10 heteroatoms. The summed E-state index contributed by atoms with van der Waals surface area (Å²) in [6.45, 7) is 3.51. The van der Waals surface area contributed by atoms with Crippen LogP contribution in [0.15, 0.2) is 24.3 Å². The number of carbonyl (C=O) groups excluding carboxylic acids is 1. The number of ether oxygens (including phenoxy) is 1. The lowest BCUT2D eigenvalue weighted by Crippen LogP contribution is -2.42. The first-order chi connectivity index (χ1) is 11.6. The van der Waals surface area contributed by atoms with Crippen LogP contribution in [0.2, 0.25) is 0 Å². The Kier molecular flexibility index (Phi) is 7.15. The number of hydrogen-bond donors (Lipinski definition) is 4. The van der Waals surface area contributed by atoms with Gasteiger partial charge in [0.1, 0.15) is 6.04 Å². The third-order valence-corrected chi connectivity index (χ3v) is 3.17. The van der Waals surface area contributed by atoms with Crippen molar-refractivity contribution in [3.05, 3.63) is 35.0 Å². The van der Waals surface area contributed by atoms with Crippen molar-refractivity contribution in [3.63, 3.8) is 0 Å². The monoisotopic (exact) mass is 355 g/mol. The number of carboxylic acid groups (broad SMARTS) is 2. The van der Waals surface area contributed by atoms with Gasteiger partial charge in [0.25, 0.3) is 0 Å². The third-order valence-electron chi connectivity index (χ3n) is 3.17. The number of aliphatic carboxylic acids is 2. The van der Waals surface area contributed by atoms with Crippen molar-refractivity contribution in [3.8, 4) is 0 Å². The van der Waals surface area contributed by atoms with Crippen LogP contribution in [0.4, 0.5) is 10.5 Å². The molecule has 0 aromatic heterocycles. The standard InChI is InChI=1S/C15H19N2O8/c1-8(2)7-10(13(18)19)16-15(22)25-12(14(20)21)9-5-3-4-6-11(9)17(23)24/h3-6,8,10,12,23H,7H2,1-2H3,(H,16,22)(H,18,19)(H,20,21)/q-1/t10-,12?/m1/s1. The molecule has 10 nitrogen and oxygen atoms in total. The highest BCUT2D eigenvalue weighted by molar-refractivity contribution is 5.83. The van der Waals surface area contributed by atoms with Crippen LogP contribution in [-0.2, 0) is 14.3 Å². The zero-order chi connectivity index (χ0) is 19.1. The van der Waals surface area contributed by atoms with E-state index < -0.39 is 41.1 Å². The van der Waals surface area contributed by atoms with Crippen molar-refractivity contribution < 1.29 is 34.5 Å². The van der Waals surface area contributed by atoms with Crippen LogP contribution < -0.4 is 10.5 Å². The molecule has 1 unspecified atom stereocenters. The number of nitrogens with one attached hydrogen (secondary N) is 1. The van der Waals surface area contributed by atoms with Gasteiger partial charge in [-0.3, -0.25) is 5.21 Å². The second-order valence-corrected chi connectivity index (χ2v) is 5.62. The molecule has 25 heavy (non-hydrogen) atoms. The smallest absolute Gasteiger partial charge is 0.409 e. The number of anilines is 1. The highest BCUT2D eigenvalue weighted by Gasteiger charge is 2.29. The molecule has 0 aliphatic carbocycles. The van der Waals surface area contributed by atoms with Crippen molar-refractivity contribution in [2.45, 2.75) is 32.4 Å². The van der Waals surface area contributed by atoms with E-state index in [4.69, 9.17) is 15.1 Å². The lowest BCUT2D eigenvalue weighted by Gasteiger charge is -2.27. The van der Waals surface area contributed by atoms with Crippen LogP contribution in [0.3, 0.4) is 0 Å². The fourth-order valence-corrected chi connectivity index (χ4v) is 2.11. The van der Waals surface area contributed by atoms with Crippen LogP contribution in [0, 0.1) is 11.1 Å². The number of benzene rings is 1. The molecule has 0 saturated heterocycles. The van der Waals surface area contributed by atoms with Crippen molar-refractivity contribution in [2.75, 3.05) is 5.23 Å². The SMILES string of the molecule is CC(C)C[C@@H](NC(=O)OC(C(=O)O)c1ccccc1N([O-])O)C(=O)O. The molecule has 0 aliphatic heterocycles. The summed E-state index contributed by atoms with van der Waals surface area (Å²) >= 11 is 0. The van der Waals surface area contributed by atoms with E-state index in [0.29, 0.717) is 0 Å². The molecule has 1 amide bonds. The Morgan fingerprint density at radius 3 is 2.28 bits per heavy atom. The van der Waals surface area contributed by atoms with Gasteiger partial charge in [-0.1, -0.05) is 32.0 Å². The molecular weight excluding hydrogens is 336 g/mol. The van der Waals surface area contributed by atoms with Gasteiger partial charge < -0.3 is 30.7 Å². The van der Waals surface area contributed by atoms with Gasteiger partial charge in [0.05, 0.1) is 5.69 Å². The van der Waals surface area contributed by atoms with Crippen LogP contribution in [0.1, 0.15) is 31.9 Å². The first kappa shape index (κ1) is 20.2. The highest BCUT2D eigenvalue weighted by Crippen LogP contribution is 2.28. The van der Waals surface area contributed by atoms with Gasteiger partial charge in [-0.2, -0.15) is 0 Å². The average molecular weight is 355 g/mol. The highest BCUT2D eigenvalue weighted by atomic mass is 16.8. The van der Waals surface area contributed by atoms with Gasteiger partial charge in [-0.15, -0.1) is 0 Å². The molecule has 0 bridgehead atoms. The summed E-state index contributed by atoms with van der Waals surface area (Å²) in [5, 5.41) is 40.0. The molecule has 2 atom stereocenters. The maximum absolute atomic E-state index is 11.9. The number of carbonyl (C=O) groups is 3. The number of hydrogen-bond acceptors (Lipinski definition) is 7. The Morgan fingerprint density at radius 1 is 1.20 bits per heavy atom. The van der Waals surface area contributed by atoms with E-state index in [0.717, 1.165) is 6.07 Å². The zero-order valence-corrected chi connectivity index (χ0v) is 13.6.